The minimum atomic E-state index is -3.04. The minimum absolute atomic E-state index is 0.0489. The van der Waals surface area contributed by atoms with Crippen LogP contribution in [0.4, 0.5) is 11.4 Å². The molecule has 0 saturated carbocycles. The molecule has 2 aromatic rings. The van der Waals surface area contributed by atoms with Crippen LogP contribution in [-0.2, 0) is 14.6 Å². The van der Waals surface area contributed by atoms with Crippen LogP contribution in [0.25, 0.3) is 0 Å². The van der Waals surface area contributed by atoms with Gasteiger partial charge in [-0.1, -0.05) is 47.6 Å². The van der Waals surface area contributed by atoms with Crippen LogP contribution in [0.2, 0.25) is 5.02 Å². The number of nitrogens with one attached hydrogen (secondary N) is 1. The molecule has 2 aliphatic heterocycles. The SMILES string of the molecule is O=C(CN(C1=NC2CS(=O)(=O)CC2S1)c1cccc(Cl)c1)Nc1ccccc1. The van der Waals surface area contributed by atoms with Crippen molar-refractivity contribution in [3.8, 4) is 0 Å². The number of sulfone groups is 1. The minimum Gasteiger partial charge on any atom is -0.325 e. The molecule has 2 atom stereocenters. The molecule has 1 fully saturated rings. The van der Waals surface area contributed by atoms with Crippen molar-refractivity contribution in [2.24, 2.45) is 4.99 Å². The first kappa shape index (κ1) is 19.3. The first-order valence-electron chi connectivity index (χ1n) is 8.72. The van der Waals surface area contributed by atoms with E-state index in [9.17, 15) is 13.2 Å². The molecule has 2 unspecified atom stereocenters. The molecule has 4 rings (SSSR count). The maximum atomic E-state index is 12.6. The Kier molecular flexibility index (Phi) is 5.35. The quantitative estimate of drug-likeness (QED) is 0.798. The summed E-state index contributed by atoms with van der Waals surface area (Å²) in [5.41, 5.74) is 1.45. The number of amides is 1. The Morgan fingerprint density at radius 2 is 1.96 bits per heavy atom. The second-order valence-corrected chi connectivity index (χ2v) is 10.5. The van der Waals surface area contributed by atoms with Gasteiger partial charge in [0.25, 0.3) is 0 Å². The lowest BCUT2D eigenvalue weighted by atomic mass is 10.2. The lowest BCUT2D eigenvalue weighted by Gasteiger charge is -2.24. The van der Waals surface area contributed by atoms with Crippen LogP contribution in [0, 0.1) is 0 Å². The number of rotatable bonds is 4. The highest BCUT2D eigenvalue weighted by atomic mass is 35.5. The molecule has 2 aliphatic rings. The standard InChI is InChI=1S/C19H18ClN3O3S2/c20-13-5-4-8-15(9-13)23(10-18(24)21-14-6-2-1-3-7-14)19-22-16-11-28(25,26)12-17(16)27-19/h1-9,16-17H,10-12H2,(H,21,24). The normalized spacial score (nSPS) is 22.4. The van der Waals surface area contributed by atoms with Crippen molar-refractivity contribution in [2.75, 3.05) is 28.3 Å². The lowest BCUT2D eigenvalue weighted by molar-refractivity contribution is -0.114. The molecule has 28 heavy (non-hydrogen) atoms. The van der Waals surface area contributed by atoms with Crippen LogP contribution in [0.3, 0.4) is 0 Å². The number of halogens is 1. The van der Waals surface area contributed by atoms with E-state index in [1.807, 2.05) is 42.5 Å². The number of fused-ring (bicyclic) bond motifs is 1. The number of aliphatic imine (C=N–C) groups is 1. The summed E-state index contributed by atoms with van der Waals surface area (Å²) in [7, 11) is -3.04. The molecule has 1 amide bonds. The average molecular weight is 436 g/mol. The van der Waals surface area contributed by atoms with Crippen molar-refractivity contribution in [3.63, 3.8) is 0 Å². The molecule has 9 heteroatoms. The zero-order chi connectivity index (χ0) is 19.7. The van der Waals surface area contributed by atoms with E-state index in [0.29, 0.717) is 15.9 Å². The van der Waals surface area contributed by atoms with Gasteiger partial charge in [-0.15, -0.1) is 0 Å². The zero-order valence-electron chi connectivity index (χ0n) is 14.8. The van der Waals surface area contributed by atoms with Crippen LogP contribution in [0.15, 0.2) is 59.6 Å². The molecule has 0 spiro atoms. The van der Waals surface area contributed by atoms with Crippen molar-refractivity contribution >= 4 is 55.6 Å². The van der Waals surface area contributed by atoms with Gasteiger partial charge in [0.15, 0.2) is 15.0 Å². The number of amidine groups is 1. The Balaban J connectivity index is 1.58. The van der Waals surface area contributed by atoms with E-state index in [1.165, 1.54) is 11.8 Å². The van der Waals surface area contributed by atoms with Gasteiger partial charge in [0.2, 0.25) is 5.91 Å². The summed E-state index contributed by atoms with van der Waals surface area (Å²) in [6.45, 7) is 0.0489. The van der Waals surface area contributed by atoms with Crippen LogP contribution in [-0.4, -0.2) is 48.8 Å². The van der Waals surface area contributed by atoms with Gasteiger partial charge >= 0.3 is 0 Å². The summed E-state index contributed by atoms with van der Waals surface area (Å²) in [5, 5.41) is 3.97. The molecule has 6 nitrogen and oxygen atoms in total. The second kappa shape index (κ2) is 7.77. The molecular weight excluding hydrogens is 418 g/mol. The smallest absolute Gasteiger partial charge is 0.244 e. The summed E-state index contributed by atoms with van der Waals surface area (Å²) in [5.74, 6) is -0.0120. The zero-order valence-corrected chi connectivity index (χ0v) is 17.2. The van der Waals surface area contributed by atoms with Crippen LogP contribution in [0.1, 0.15) is 0 Å². The maximum absolute atomic E-state index is 12.6. The highest BCUT2D eigenvalue weighted by Gasteiger charge is 2.44. The first-order chi connectivity index (χ1) is 13.4. The number of carbonyl (C=O) groups is 1. The van der Waals surface area contributed by atoms with Gasteiger partial charge in [-0.2, -0.15) is 0 Å². The largest absolute Gasteiger partial charge is 0.325 e. The van der Waals surface area contributed by atoms with Gasteiger partial charge in [0, 0.05) is 21.6 Å². The van der Waals surface area contributed by atoms with E-state index >= 15 is 0 Å². The Bertz CT molecular complexity index is 1030. The van der Waals surface area contributed by atoms with Crippen molar-refractivity contribution in [1.82, 2.24) is 0 Å². The van der Waals surface area contributed by atoms with Gasteiger partial charge in [-0.25, -0.2) is 8.42 Å². The molecule has 0 radical (unpaired) electrons. The topological polar surface area (TPSA) is 78.8 Å². The predicted molar refractivity (Wildman–Crippen MR) is 115 cm³/mol. The number of thioether (sulfide) groups is 1. The summed E-state index contributed by atoms with van der Waals surface area (Å²) < 4.78 is 23.7. The number of anilines is 2. The van der Waals surface area contributed by atoms with Crippen LogP contribution < -0.4 is 10.2 Å². The molecule has 0 aliphatic carbocycles. The molecule has 1 saturated heterocycles. The predicted octanol–water partition coefficient (Wildman–Crippen LogP) is 3.05. The Hall–Kier alpha value is -2.03. The third-order valence-electron chi connectivity index (χ3n) is 4.52. The van der Waals surface area contributed by atoms with Gasteiger partial charge in [-0.3, -0.25) is 9.79 Å². The highest BCUT2D eigenvalue weighted by Crippen LogP contribution is 2.37. The van der Waals surface area contributed by atoms with E-state index in [2.05, 4.69) is 10.3 Å². The first-order valence-corrected chi connectivity index (χ1v) is 11.8. The van der Waals surface area contributed by atoms with Crippen molar-refractivity contribution in [1.29, 1.82) is 0 Å². The molecule has 1 N–H and O–H groups in total. The van der Waals surface area contributed by atoms with Gasteiger partial charge < -0.3 is 10.2 Å². The third kappa shape index (κ3) is 4.34. The third-order valence-corrected chi connectivity index (χ3v) is 8.00. The van der Waals surface area contributed by atoms with E-state index in [1.54, 1.807) is 17.0 Å². The Labute approximate surface area is 172 Å². The number of benzene rings is 2. The number of para-hydroxylation sites is 1. The molecular formula is C19H18ClN3O3S2. The van der Waals surface area contributed by atoms with E-state index in [0.717, 1.165) is 5.69 Å². The lowest BCUT2D eigenvalue weighted by Crippen LogP contribution is -2.36. The fraction of sp³-hybridized carbons (Fsp3) is 0.263. The van der Waals surface area contributed by atoms with Gasteiger partial charge in [0.1, 0.15) is 6.54 Å². The van der Waals surface area contributed by atoms with Gasteiger partial charge in [0.05, 0.1) is 17.5 Å². The number of hydrogen-bond donors (Lipinski definition) is 1. The summed E-state index contributed by atoms with van der Waals surface area (Å²) in [6.07, 6.45) is 0. The highest BCUT2D eigenvalue weighted by molar-refractivity contribution is 8.15. The van der Waals surface area contributed by atoms with E-state index < -0.39 is 9.84 Å². The molecule has 0 aromatic heterocycles. The summed E-state index contributed by atoms with van der Waals surface area (Å²) in [4.78, 5) is 19.0. The maximum Gasteiger partial charge on any atom is 0.244 e. The number of hydrogen-bond acceptors (Lipinski definition) is 6. The number of nitrogens with zero attached hydrogens (tertiary/aromatic N) is 2. The Morgan fingerprint density at radius 1 is 1.18 bits per heavy atom. The average Bonchev–Trinajstić information content (AvgIpc) is 3.14. The van der Waals surface area contributed by atoms with Gasteiger partial charge in [-0.05, 0) is 30.3 Å². The monoisotopic (exact) mass is 435 g/mol. The van der Waals surface area contributed by atoms with Crippen LogP contribution >= 0.6 is 23.4 Å². The van der Waals surface area contributed by atoms with Crippen LogP contribution in [0.5, 0.6) is 0 Å². The Morgan fingerprint density at radius 3 is 2.68 bits per heavy atom. The second-order valence-electron chi connectivity index (χ2n) is 6.69. The van der Waals surface area contributed by atoms with E-state index in [4.69, 9.17) is 11.6 Å². The molecule has 2 heterocycles. The number of carbonyl (C=O) groups excluding carboxylic acids is 1. The molecule has 146 valence electrons. The van der Waals surface area contributed by atoms with Crippen molar-refractivity contribution in [3.05, 3.63) is 59.6 Å². The molecule has 0 bridgehead atoms. The fourth-order valence-corrected chi connectivity index (χ4v) is 7.21. The molecule has 2 aromatic carbocycles. The van der Waals surface area contributed by atoms with Crippen molar-refractivity contribution < 1.29 is 13.2 Å². The van der Waals surface area contributed by atoms with E-state index in [-0.39, 0.29) is 35.2 Å². The van der Waals surface area contributed by atoms with Crippen molar-refractivity contribution in [2.45, 2.75) is 11.3 Å². The fourth-order valence-electron chi connectivity index (χ4n) is 3.25. The summed E-state index contributed by atoms with van der Waals surface area (Å²) >= 11 is 7.56. The summed E-state index contributed by atoms with van der Waals surface area (Å²) in [6, 6.07) is 16.2.